The van der Waals surface area contributed by atoms with E-state index in [9.17, 15) is 13.2 Å². The Morgan fingerprint density at radius 1 is 1.35 bits per heavy atom. The third-order valence-electron chi connectivity index (χ3n) is 2.93. The number of nitrogens with two attached hydrogens (primary N) is 1. The minimum atomic E-state index is -3.73. The highest BCUT2D eigenvalue weighted by atomic mass is 35.5. The van der Waals surface area contributed by atoms with E-state index in [1.54, 1.807) is 0 Å². The van der Waals surface area contributed by atoms with Crippen LogP contribution in [0, 0.1) is 5.92 Å². The quantitative estimate of drug-likeness (QED) is 0.531. The molecule has 0 radical (unpaired) electrons. The molecule has 0 aromatic heterocycles. The lowest BCUT2D eigenvalue weighted by atomic mass is 10.3. The molecule has 0 aliphatic heterocycles. The number of rotatable bonds is 6. The van der Waals surface area contributed by atoms with Crippen LogP contribution in [0.15, 0.2) is 23.1 Å². The summed E-state index contributed by atoms with van der Waals surface area (Å²) < 4.78 is 26.4. The van der Waals surface area contributed by atoms with Crippen LogP contribution in [0.3, 0.4) is 0 Å². The molecular formula is C12H16ClN3O3S. The summed E-state index contributed by atoms with van der Waals surface area (Å²) in [4.78, 5) is 11.3. The molecule has 0 atom stereocenters. The Bertz CT molecular complexity index is 614. The van der Waals surface area contributed by atoms with Crippen LogP contribution in [-0.2, 0) is 14.8 Å². The number of benzene rings is 1. The third-order valence-corrected chi connectivity index (χ3v) is 4.68. The molecule has 0 unspecified atom stereocenters. The Morgan fingerprint density at radius 2 is 2.05 bits per heavy atom. The van der Waals surface area contributed by atoms with Crippen molar-refractivity contribution in [3.8, 4) is 0 Å². The van der Waals surface area contributed by atoms with Crippen molar-refractivity contribution in [2.75, 3.05) is 18.8 Å². The summed E-state index contributed by atoms with van der Waals surface area (Å²) in [6.45, 7) is 0.349. The van der Waals surface area contributed by atoms with Crippen molar-refractivity contribution in [1.82, 2.24) is 10.0 Å². The van der Waals surface area contributed by atoms with Crippen LogP contribution >= 0.6 is 11.6 Å². The summed E-state index contributed by atoms with van der Waals surface area (Å²) >= 11 is 5.76. The first kappa shape index (κ1) is 15.1. The van der Waals surface area contributed by atoms with Gasteiger partial charge in [-0.2, -0.15) is 0 Å². The van der Waals surface area contributed by atoms with Crippen LogP contribution in [0.1, 0.15) is 12.8 Å². The van der Waals surface area contributed by atoms with Crippen LogP contribution in [0.5, 0.6) is 0 Å². The topological polar surface area (TPSA) is 101 Å². The summed E-state index contributed by atoms with van der Waals surface area (Å²) in [6, 6.07) is 4.25. The van der Waals surface area contributed by atoms with E-state index in [1.807, 2.05) is 0 Å². The highest BCUT2D eigenvalue weighted by Crippen LogP contribution is 2.28. The molecule has 1 saturated carbocycles. The zero-order valence-corrected chi connectivity index (χ0v) is 12.3. The van der Waals surface area contributed by atoms with E-state index >= 15 is 0 Å². The number of carbonyl (C=O) groups is 1. The zero-order chi connectivity index (χ0) is 14.8. The fourth-order valence-corrected chi connectivity index (χ4v) is 3.10. The van der Waals surface area contributed by atoms with Crippen molar-refractivity contribution in [1.29, 1.82) is 0 Å². The number of sulfonamides is 1. The number of carbonyl (C=O) groups excluding carboxylic acids is 1. The van der Waals surface area contributed by atoms with E-state index in [1.165, 1.54) is 18.2 Å². The van der Waals surface area contributed by atoms with Gasteiger partial charge in [-0.3, -0.25) is 4.79 Å². The second kappa shape index (κ2) is 5.99. The highest BCUT2D eigenvalue weighted by molar-refractivity contribution is 7.89. The predicted octanol–water partition coefficient (Wildman–Crippen LogP) is 0.727. The van der Waals surface area contributed by atoms with Crippen molar-refractivity contribution in [2.45, 2.75) is 17.7 Å². The van der Waals surface area contributed by atoms with Crippen molar-refractivity contribution >= 4 is 33.2 Å². The predicted molar refractivity (Wildman–Crippen MR) is 76.8 cm³/mol. The van der Waals surface area contributed by atoms with E-state index in [-0.39, 0.29) is 35.5 Å². The van der Waals surface area contributed by atoms with Gasteiger partial charge in [0, 0.05) is 24.0 Å². The van der Waals surface area contributed by atoms with Gasteiger partial charge in [-0.1, -0.05) is 11.6 Å². The zero-order valence-electron chi connectivity index (χ0n) is 10.7. The van der Waals surface area contributed by atoms with Gasteiger partial charge < -0.3 is 11.1 Å². The van der Waals surface area contributed by atoms with Gasteiger partial charge in [0.1, 0.15) is 4.90 Å². The lowest BCUT2D eigenvalue weighted by Crippen LogP contribution is -2.35. The number of hydrogen-bond donors (Lipinski definition) is 3. The smallest absolute Gasteiger partial charge is 0.242 e. The molecule has 1 aliphatic carbocycles. The van der Waals surface area contributed by atoms with Crippen LogP contribution < -0.4 is 15.8 Å². The van der Waals surface area contributed by atoms with E-state index < -0.39 is 10.0 Å². The second-order valence-corrected chi connectivity index (χ2v) is 6.82. The van der Waals surface area contributed by atoms with Gasteiger partial charge >= 0.3 is 0 Å². The maximum atomic E-state index is 12.0. The van der Waals surface area contributed by atoms with Gasteiger partial charge in [0.15, 0.2) is 0 Å². The first-order valence-electron chi connectivity index (χ1n) is 6.22. The highest BCUT2D eigenvalue weighted by Gasteiger charge is 2.29. The Labute approximate surface area is 122 Å². The normalized spacial score (nSPS) is 15.1. The molecule has 0 heterocycles. The maximum Gasteiger partial charge on any atom is 0.242 e. The van der Waals surface area contributed by atoms with Gasteiger partial charge in [0.25, 0.3) is 0 Å². The molecule has 6 nitrogen and oxygen atoms in total. The average Bonchev–Trinajstić information content (AvgIpc) is 3.21. The Balaban J connectivity index is 1.90. The van der Waals surface area contributed by atoms with Gasteiger partial charge in [-0.25, -0.2) is 13.1 Å². The van der Waals surface area contributed by atoms with Gasteiger partial charge in [-0.15, -0.1) is 0 Å². The Hall–Kier alpha value is -1.31. The van der Waals surface area contributed by atoms with Crippen molar-refractivity contribution in [2.24, 2.45) is 5.92 Å². The maximum absolute atomic E-state index is 12.0. The van der Waals surface area contributed by atoms with Crippen LogP contribution in [0.4, 0.5) is 5.69 Å². The number of hydrogen-bond acceptors (Lipinski definition) is 4. The molecule has 4 N–H and O–H groups in total. The monoisotopic (exact) mass is 317 g/mol. The van der Waals surface area contributed by atoms with Crippen LogP contribution in [0.25, 0.3) is 0 Å². The minimum absolute atomic E-state index is 0.0218. The standard InChI is InChI=1S/C12H16ClN3O3S/c13-9-3-4-10(14)11(7-9)20(18,19)16-6-5-15-12(17)8-1-2-8/h3-4,7-8,16H,1-2,5-6,14H2,(H,15,17). The van der Waals surface area contributed by atoms with Crippen LogP contribution in [-0.4, -0.2) is 27.4 Å². The molecule has 1 aromatic rings. The fraction of sp³-hybridized carbons (Fsp3) is 0.417. The number of amides is 1. The van der Waals surface area contributed by atoms with E-state index in [0.717, 1.165) is 12.8 Å². The number of nitrogens with one attached hydrogen (secondary N) is 2. The molecule has 8 heteroatoms. The van der Waals surface area contributed by atoms with Gasteiger partial charge in [0.05, 0.1) is 5.69 Å². The molecular weight excluding hydrogens is 302 g/mol. The first-order valence-corrected chi connectivity index (χ1v) is 8.08. The van der Waals surface area contributed by atoms with Crippen LogP contribution in [0.2, 0.25) is 5.02 Å². The Kier molecular flexibility index (Phi) is 4.52. The van der Waals surface area contributed by atoms with Crippen molar-refractivity contribution in [3.63, 3.8) is 0 Å². The largest absolute Gasteiger partial charge is 0.398 e. The van der Waals surface area contributed by atoms with E-state index in [2.05, 4.69) is 10.0 Å². The summed E-state index contributed by atoms with van der Waals surface area (Å²) in [7, 11) is -3.73. The number of anilines is 1. The molecule has 1 fully saturated rings. The van der Waals surface area contributed by atoms with E-state index in [0.29, 0.717) is 5.02 Å². The summed E-state index contributed by atoms with van der Waals surface area (Å²) in [6.07, 6.45) is 1.83. The first-order chi connectivity index (χ1) is 9.40. The van der Waals surface area contributed by atoms with Gasteiger partial charge in [0.2, 0.25) is 15.9 Å². The van der Waals surface area contributed by atoms with Crippen molar-refractivity contribution < 1.29 is 13.2 Å². The average molecular weight is 318 g/mol. The summed E-state index contributed by atoms with van der Waals surface area (Å²) in [5.74, 6) is 0.0849. The molecule has 1 aliphatic rings. The number of halogens is 1. The molecule has 0 spiro atoms. The Morgan fingerprint density at radius 3 is 2.70 bits per heavy atom. The van der Waals surface area contributed by atoms with Gasteiger partial charge in [-0.05, 0) is 31.0 Å². The summed E-state index contributed by atoms with van der Waals surface area (Å²) in [5, 5.41) is 2.96. The number of nitrogen functional groups attached to an aromatic ring is 1. The molecule has 1 aromatic carbocycles. The molecule has 0 saturated heterocycles. The second-order valence-electron chi connectivity index (χ2n) is 4.65. The SMILES string of the molecule is Nc1ccc(Cl)cc1S(=O)(=O)NCCNC(=O)C1CC1. The molecule has 1 amide bonds. The molecule has 2 rings (SSSR count). The molecule has 20 heavy (non-hydrogen) atoms. The van der Waals surface area contributed by atoms with E-state index in [4.69, 9.17) is 17.3 Å². The molecule has 0 bridgehead atoms. The third kappa shape index (κ3) is 3.84. The fourth-order valence-electron chi connectivity index (χ4n) is 1.68. The lowest BCUT2D eigenvalue weighted by Gasteiger charge is -2.10. The lowest BCUT2D eigenvalue weighted by molar-refractivity contribution is -0.122. The molecule has 110 valence electrons. The summed E-state index contributed by atoms with van der Waals surface area (Å²) in [5.41, 5.74) is 5.76. The minimum Gasteiger partial charge on any atom is -0.398 e. The van der Waals surface area contributed by atoms with Crippen molar-refractivity contribution in [3.05, 3.63) is 23.2 Å².